The first kappa shape index (κ1) is 19.7. The van der Waals surface area contributed by atoms with E-state index in [9.17, 15) is 13.6 Å². The third kappa shape index (κ3) is 3.32. The Kier molecular flexibility index (Phi) is 5.16. The van der Waals surface area contributed by atoms with Crippen molar-refractivity contribution >= 4 is 5.91 Å². The summed E-state index contributed by atoms with van der Waals surface area (Å²) in [4.78, 5) is 18.1. The molecule has 2 N–H and O–H groups in total. The van der Waals surface area contributed by atoms with Crippen LogP contribution in [0.4, 0.5) is 8.78 Å². The van der Waals surface area contributed by atoms with Crippen LogP contribution in [0.3, 0.4) is 0 Å². The van der Waals surface area contributed by atoms with Gasteiger partial charge in [-0.05, 0) is 43.4 Å². The van der Waals surface area contributed by atoms with Gasteiger partial charge in [-0.15, -0.1) is 0 Å². The van der Waals surface area contributed by atoms with Crippen molar-refractivity contribution in [2.24, 2.45) is 17.6 Å². The van der Waals surface area contributed by atoms with Crippen LogP contribution < -0.4 is 5.73 Å². The van der Waals surface area contributed by atoms with E-state index in [1.807, 2.05) is 6.07 Å². The first-order chi connectivity index (χ1) is 13.4. The number of pyridine rings is 1. The van der Waals surface area contributed by atoms with E-state index < -0.39 is 17.4 Å². The minimum Gasteiger partial charge on any atom is -0.373 e. The maximum atomic E-state index is 13.6. The normalized spacial score (nSPS) is 33.5. The number of hydrogen-bond donors (Lipinski definition) is 1. The smallest absolute Gasteiger partial charge is 0.267 e. The predicted molar refractivity (Wildman–Crippen MR) is 101 cm³/mol. The standard InChI is InChI=1S/C21H29F2N3O2/c1-28-21(14-7-10-25-18(11-14)19(24)27)15-3-2-4-16(21)13-26(12-15)17-5-8-20(22,23)9-6-17/h7,10-11,15-17H,2-6,8-9,12-13H2,1H3,(H2,24,27). The maximum absolute atomic E-state index is 13.6. The second kappa shape index (κ2) is 7.34. The molecule has 2 heterocycles. The van der Waals surface area contributed by atoms with Crippen LogP contribution in [0.25, 0.3) is 0 Å². The zero-order valence-electron chi connectivity index (χ0n) is 16.4. The minimum atomic E-state index is -2.50. The molecule has 0 radical (unpaired) electrons. The summed E-state index contributed by atoms with van der Waals surface area (Å²) in [6, 6.07) is 3.93. The summed E-state index contributed by atoms with van der Waals surface area (Å²) >= 11 is 0. The number of nitrogens with two attached hydrogens (primary N) is 1. The predicted octanol–water partition coefficient (Wildman–Crippen LogP) is 3.33. The fourth-order valence-electron chi connectivity index (χ4n) is 5.89. The highest BCUT2D eigenvalue weighted by Gasteiger charge is 2.54. The van der Waals surface area contributed by atoms with Crippen LogP contribution in [-0.2, 0) is 10.3 Å². The maximum Gasteiger partial charge on any atom is 0.267 e. The highest BCUT2D eigenvalue weighted by atomic mass is 19.3. The molecule has 1 aliphatic heterocycles. The second-order valence-electron chi connectivity index (χ2n) is 8.66. The number of primary amides is 1. The number of piperidine rings is 1. The van der Waals surface area contributed by atoms with Crippen molar-refractivity contribution in [2.75, 3.05) is 20.2 Å². The number of ether oxygens (including phenoxy) is 1. The van der Waals surface area contributed by atoms with Gasteiger partial charge in [0, 0.05) is 57.1 Å². The van der Waals surface area contributed by atoms with E-state index in [0.29, 0.717) is 12.8 Å². The number of likely N-dealkylation sites (tertiary alicyclic amines) is 1. The molecule has 154 valence electrons. The molecule has 2 unspecified atom stereocenters. The highest BCUT2D eigenvalue weighted by Crippen LogP contribution is 2.52. The molecule has 3 aliphatic rings. The van der Waals surface area contributed by atoms with Gasteiger partial charge in [0.15, 0.2) is 0 Å². The van der Waals surface area contributed by atoms with E-state index in [2.05, 4.69) is 9.88 Å². The molecule has 2 bridgehead atoms. The average molecular weight is 393 g/mol. The Balaban J connectivity index is 1.61. The molecule has 1 aromatic rings. The molecule has 4 rings (SSSR count). The number of hydrogen-bond acceptors (Lipinski definition) is 4. The Labute approximate surface area is 164 Å². The number of alkyl halides is 2. The van der Waals surface area contributed by atoms with Crippen molar-refractivity contribution in [3.8, 4) is 0 Å². The van der Waals surface area contributed by atoms with Crippen LogP contribution in [0.1, 0.15) is 61.0 Å². The van der Waals surface area contributed by atoms with Crippen LogP contribution in [-0.4, -0.2) is 48.0 Å². The summed E-state index contributed by atoms with van der Waals surface area (Å²) in [5, 5.41) is 0. The number of halogens is 2. The van der Waals surface area contributed by atoms with Crippen LogP contribution >= 0.6 is 0 Å². The molecule has 1 amide bonds. The van der Waals surface area contributed by atoms with E-state index in [4.69, 9.17) is 10.5 Å². The molecular formula is C21H29F2N3O2. The molecule has 2 aliphatic carbocycles. The zero-order chi connectivity index (χ0) is 19.9. The van der Waals surface area contributed by atoms with Crippen LogP contribution in [0.5, 0.6) is 0 Å². The molecule has 3 fully saturated rings. The lowest BCUT2D eigenvalue weighted by Gasteiger charge is -2.57. The topological polar surface area (TPSA) is 68.5 Å². The minimum absolute atomic E-state index is 0.00868. The third-order valence-corrected chi connectivity index (χ3v) is 7.23. The molecule has 2 atom stereocenters. The first-order valence-electron chi connectivity index (χ1n) is 10.3. The Hall–Kier alpha value is -1.60. The summed E-state index contributed by atoms with van der Waals surface area (Å²) in [6.07, 6.45) is 5.93. The molecule has 1 aromatic heterocycles. The van der Waals surface area contributed by atoms with Crippen LogP contribution in [0.15, 0.2) is 18.3 Å². The average Bonchev–Trinajstić information content (AvgIpc) is 2.67. The van der Waals surface area contributed by atoms with Gasteiger partial charge >= 0.3 is 0 Å². The molecule has 0 aromatic carbocycles. The Morgan fingerprint density at radius 3 is 2.43 bits per heavy atom. The van der Waals surface area contributed by atoms with Crippen LogP contribution in [0.2, 0.25) is 0 Å². The fourth-order valence-corrected chi connectivity index (χ4v) is 5.89. The summed E-state index contributed by atoms with van der Waals surface area (Å²) in [7, 11) is 1.74. The number of amides is 1. The van der Waals surface area contributed by atoms with Crippen molar-refractivity contribution in [1.82, 2.24) is 9.88 Å². The quantitative estimate of drug-likeness (QED) is 0.852. The molecular weight excluding hydrogens is 364 g/mol. The molecule has 0 spiro atoms. The van der Waals surface area contributed by atoms with Crippen molar-refractivity contribution < 1.29 is 18.3 Å². The van der Waals surface area contributed by atoms with E-state index in [1.54, 1.807) is 19.4 Å². The van der Waals surface area contributed by atoms with Gasteiger partial charge in [-0.3, -0.25) is 14.7 Å². The molecule has 2 saturated carbocycles. The fraction of sp³-hybridized carbons (Fsp3) is 0.714. The Morgan fingerprint density at radius 1 is 1.21 bits per heavy atom. The number of rotatable bonds is 4. The molecule has 7 heteroatoms. The Bertz CT molecular complexity index is 718. The molecule has 1 saturated heterocycles. The van der Waals surface area contributed by atoms with Gasteiger partial charge < -0.3 is 10.5 Å². The van der Waals surface area contributed by atoms with E-state index in [1.165, 1.54) is 0 Å². The SMILES string of the molecule is COC1(c2ccnc(C(N)=O)c2)C2CCCC1CN(C1CCC(F)(F)CC1)C2. The lowest BCUT2D eigenvalue weighted by atomic mass is 9.62. The number of fused-ring (bicyclic) bond motifs is 2. The van der Waals surface area contributed by atoms with Gasteiger partial charge in [-0.2, -0.15) is 0 Å². The highest BCUT2D eigenvalue weighted by molar-refractivity contribution is 5.90. The summed E-state index contributed by atoms with van der Waals surface area (Å²) in [5.41, 5.74) is 6.19. The van der Waals surface area contributed by atoms with Gasteiger partial charge in [0.1, 0.15) is 11.3 Å². The van der Waals surface area contributed by atoms with Gasteiger partial charge in [0.25, 0.3) is 5.91 Å². The number of methoxy groups -OCH3 is 1. The second-order valence-corrected chi connectivity index (χ2v) is 8.66. The lowest BCUT2D eigenvalue weighted by Crippen LogP contribution is -2.61. The number of nitrogens with zero attached hydrogens (tertiary/aromatic N) is 2. The number of carbonyl (C=O) groups is 1. The van der Waals surface area contributed by atoms with Crippen molar-refractivity contribution in [3.05, 3.63) is 29.6 Å². The summed E-state index contributed by atoms with van der Waals surface area (Å²) in [5.74, 6) is -2.52. The number of aromatic nitrogens is 1. The largest absolute Gasteiger partial charge is 0.373 e. The van der Waals surface area contributed by atoms with E-state index in [-0.39, 0.29) is 36.4 Å². The van der Waals surface area contributed by atoms with Crippen LogP contribution in [0, 0.1) is 11.8 Å². The monoisotopic (exact) mass is 393 g/mol. The molecule has 5 nitrogen and oxygen atoms in total. The van der Waals surface area contributed by atoms with E-state index >= 15 is 0 Å². The van der Waals surface area contributed by atoms with Gasteiger partial charge in [-0.25, -0.2) is 8.78 Å². The summed E-state index contributed by atoms with van der Waals surface area (Å²) < 4.78 is 33.4. The van der Waals surface area contributed by atoms with Crippen molar-refractivity contribution in [3.63, 3.8) is 0 Å². The van der Waals surface area contributed by atoms with Crippen molar-refractivity contribution in [2.45, 2.75) is 62.5 Å². The third-order valence-electron chi connectivity index (χ3n) is 7.23. The lowest BCUT2D eigenvalue weighted by molar-refractivity contribution is -0.178. The van der Waals surface area contributed by atoms with E-state index in [0.717, 1.165) is 37.9 Å². The van der Waals surface area contributed by atoms with Gasteiger partial charge in [0.05, 0.1) is 0 Å². The van der Waals surface area contributed by atoms with Gasteiger partial charge in [0.2, 0.25) is 5.92 Å². The number of carbonyl (C=O) groups excluding carboxylic acids is 1. The van der Waals surface area contributed by atoms with Crippen molar-refractivity contribution in [1.29, 1.82) is 0 Å². The Morgan fingerprint density at radius 2 is 1.86 bits per heavy atom. The zero-order valence-corrected chi connectivity index (χ0v) is 16.4. The summed E-state index contributed by atoms with van der Waals surface area (Å²) in [6.45, 7) is 1.68. The first-order valence-corrected chi connectivity index (χ1v) is 10.3. The molecule has 28 heavy (non-hydrogen) atoms. The van der Waals surface area contributed by atoms with Gasteiger partial charge in [-0.1, -0.05) is 6.42 Å².